The largest absolute Gasteiger partial charge is 0.363 e. The van der Waals surface area contributed by atoms with Crippen molar-refractivity contribution < 1.29 is 9.53 Å². The van der Waals surface area contributed by atoms with Gasteiger partial charge in [0.15, 0.2) is 0 Å². The fourth-order valence-corrected chi connectivity index (χ4v) is 4.11. The molecule has 4 rings (SSSR count). The molecule has 0 saturated carbocycles. The minimum Gasteiger partial charge on any atom is -0.363 e. The molecule has 0 aromatic heterocycles. The minimum atomic E-state index is -0.186. The molecule has 3 aliphatic heterocycles. The smallest absolute Gasteiger partial charge is 0.317 e. The van der Waals surface area contributed by atoms with Gasteiger partial charge in [-0.3, -0.25) is 4.90 Å². The van der Waals surface area contributed by atoms with Gasteiger partial charge in [-0.05, 0) is 30.9 Å². The van der Waals surface area contributed by atoms with Crippen LogP contribution in [0.3, 0.4) is 0 Å². The Balaban J connectivity index is 1.20. The van der Waals surface area contributed by atoms with Gasteiger partial charge in [-0.25, -0.2) is 4.79 Å². The molecular formula is C20H27N3O2. The van der Waals surface area contributed by atoms with Gasteiger partial charge in [-0.15, -0.1) is 0 Å². The molecule has 2 amide bonds. The zero-order valence-corrected chi connectivity index (χ0v) is 14.7. The van der Waals surface area contributed by atoms with Crippen LogP contribution in [0.25, 0.3) is 0 Å². The summed E-state index contributed by atoms with van der Waals surface area (Å²) in [4.78, 5) is 16.7. The first-order chi connectivity index (χ1) is 12.2. The molecule has 5 nitrogen and oxygen atoms in total. The highest BCUT2D eigenvalue weighted by Crippen LogP contribution is 2.30. The Bertz CT molecular complexity index is 625. The molecule has 0 bridgehead atoms. The van der Waals surface area contributed by atoms with Crippen LogP contribution in [0.5, 0.6) is 0 Å². The summed E-state index contributed by atoms with van der Waals surface area (Å²) >= 11 is 0. The summed E-state index contributed by atoms with van der Waals surface area (Å²) in [5, 5.41) is 3.13. The number of hydrogen-bond acceptors (Lipinski definition) is 3. The quantitative estimate of drug-likeness (QED) is 0.855. The predicted molar refractivity (Wildman–Crippen MR) is 97.2 cm³/mol. The van der Waals surface area contributed by atoms with Crippen LogP contribution in [0.1, 0.15) is 18.4 Å². The highest BCUT2D eigenvalue weighted by molar-refractivity contribution is 5.75. The fourth-order valence-electron chi connectivity index (χ4n) is 4.11. The van der Waals surface area contributed by atoms with Gasteiger partial charge < -0.3 is 15.0 Å². The van der Waals surface area contributed by atoms with Crippen molar-refractivity contribution in [2.75, 3.05) is 39.3 Å². The van der Waals surface area contributed by atoms with E-state index in [0.717, 1.165) is 26.2 Å². The molecule has 25 heavy (non-hydrogen) atoms. The first kappa shape index (κ1) is 16.6. The zero-order valence-electron chi connectivity index (χ0n) is 14.7. The predicted octanol–water partition coefficient (Wildman–Crippen LogP) is 2.25. The van der Waals surface area contributed by atoms with Gasteiger partial charge in [0.05, 0.1) is 19.7 Å². The summed E-state index contributed by atoms with van der Waals surface area (Å²) < 4.78 is 5.68. The highest BCUT2D eigenvalue weighted by atomic mass is 16.5. The van der Waals surface area contributed by atoms with E-state index in [4.69, 9.17) is 4.74 Å². The first-order valence-electron chi connectivity index (χ1n) is 9.33. The molecule has 1 spiro atoms. The highest BCUT2D eigenvalue weighted by Gasteiger charge is 2.46. The van der Waals surface area contributed by atoms with E-state index >= 15 is 0 Å². The maximum Gasteiger partial charge on any atom is 0.317 e. The van der Waals surface area contributed by atoms with Crippen LogP contribution in [0, 0.1) is 5.92 Å². The normalized spacial score (nSPS) is 25.1. The van der Waals surface area contributed by atoms with Gasteiger partial charge in [-0.1, -0.05) is 42.5 Å². The third kappa shape index (κ3) is 3.88. The standard InChI is InChI=1S/C20H27N3O2/c24-19(23-15-20(16-23)9-5-11-25-20)21-12-18-8-4-10-22(14-18)13-17-6-2-1-3-7-17/h1-3,5-7,9,18H,4,8,10-16H2,(H,21,24). The number of rotatable bonds is 4. The van der Waals surface area contributed by atoms with Crippen molar-refractivity contribution in [2.24, 2.45) is 5.92 Å². The number of amides is 2. The van der Waals surface area contributed by atoms with Gasteiger partial charge in [0.25, 0.3) is 0 Å². The van der Waals surface area contributed by atoms with E-state index in [1.54, 1.807) is 0 Å². The number of carbonyl (C=O) groups excluding carboxylic acids is 1. The lowest BCUT2D eigenvalue weighted by molar-refractivity contribution is -0.0707. The molecule has 3 aliphatic rings. The number of urea groups is 1. The van der Waals surface area contributed by atoms with E-state index < -0.39 is 0 Å². The van der Waals surface area contributed by atoms with E-state index in [0.29, 0.717) is 25.6 Å². The van der Waals surface area contributed by atoms with Crippen molar-refractivity contribution in [1.29, 1.82) is 0 Å². The van der Waals surface area contributed by atoms with Gasteiger partial charge in [0.1, 0.15) is 5.60 Å². The number of nitrogens with one attached hydrogen (secondary N) is 1. The lowest BCUT2D eigenvalue weighted by Crippen LogP contribution is -2.64. The molecule has 134 valence electrons. The molecule has 1 N–H and O–H groups in total. The average Bonchev–Trinajstić information content (AvgIpc) is 3.10. The SMILES string of the molecule is O=C(NCC1CCCN(Cc2ccccc2)C1)N1CC2(C=CCO2)C1. The molecular weight excluding hydrogens is 314 g/mol. The van der Waals surface area contributed by atoms with Gasteiger partial charge >= 0.3 is 6.03 Å². The summed E-state index contributed by atoms with van der Waals surface area (Å²) in [6.07, 6.45) is 6.54. The van der Waals surface area contributed by atoms with Gasteiger partial charge in [-0.2, -0.15) is 0 Å². The van der Waals surface area contributed by atoms with Crippen molar-refractivity contribution in [2.45, 2.75) is 25.0 Å². The summed E-state index contributed by atoms with van der Waals surface area (Å²) in [7, 11) is 0. The van der Waals surface area contributed by atoms with E-state index in [2.05, 4.69) is 46.6 Å². The third-order valence-corrected chi connectivity index (χ3v) is 5.49. The Morgan fingerprint density at radius 3 is 2.88 bits per heavy atom. The minimum absolute atomic E-state index is 0.0507. The molecule has 5 heteroatoms. The van der Waals surface area contributed by atoms with Crippen molar-refractivity contribution >= 4 is 6.03 Å². The molecule has 1 aromatic carbocycles. The second kappa shape index (κ2) is 7.18. The number of carbonyl (C=O) groups is 1. The number of likely N-dealkylation sites (tertiary alicyclic amines) is 2. The zero-order chi connectivity index (χ0) is 17.1. The molecule has 1 atom stereocenters. The number of benzene rings is 1. The number of piperidine rings is 1. The maximum atomic E-state index is 12.3. The van der Waals surface area contributed by atoms with Crippen LogP contribution in [-0.4, -0.2) is 60.8 Å². The average molecular weight is 341 g/mol. The van der Waals surface area contributed by atoms with Gasteiger partial charge in [0, 0.05) is 19.6 Å². The summed E-state index contributed by atoms with van der Waals surface area (Å²) in [6, 6.07) is 10.7. The fraction of sp³-hybridized carbons (Fsp3) is 0.550. The van der Waals surface area contributed by atoms with E-state index in [-0.39, 0.29) is 11.6 Å². The lowest BCUT2D eigenvalue weighted by atomic mass is 9.95. The Kier molecular flexibility index (Phi) is 4.77. The molecule has 0 radical (unpaired) electrons. The Labute approximate surface area is 149 Å². The van der Waals surface area contributed by atoms with E-state index in [9.17, 15) is 4.79 Å². The van der Waals surface area contributed by atoms with Crippen molar-refractivity contribution in [3.8, 4) is 0 Å². The maximum absolute atomic E-state index is 12.3. The molecule has 0 aliphatic carbocycles. The number of hydrogen-bond donors (Lipinski definition) is 1. The van der Waals surface area contributed by atoms with Crippen molar-refractivity contribution in [1.82, 2.24) is 15.1 Å². The number of ether oxygens (including phenoxy) is 1. The van der Waals surface area contributed by atoms with Crippen LogP contribution in [0.2, 0.25) is 0 Å². The van der Waals surface area contributed by atoms with Crippen molar-refractivity contribution in [3.63, 3.8) is 0 Å². The second-order valence-electron chi connectivity index (χ2n) is 7.55. The van der Waals surface area contributed by atoms with Crippen LogP contribution >= 0.6 is 0 Å². The Hall–Kier alpha value is -1.85. The molecule has 3 heterocycles. The molecule has 2 fully saturated rings. The van der Waals surface area contributed by atoms with E-state index in [1.807, 2.05) is 11.0 Å². The second-order valence-corrected chi connectivity index (χ2v) is 7.55. The Morgan fingerprint density at radius 2 is 2.12 bits per heavy atom. The molecule has 2 saturated heterocycles. The Morgan fingerprint density at radius 1 is 1.28 bits per heavy atom. The third-order valence-electron chi connectivity index (χ3n) is 5.49. The molecule has 1 unspecified atom stereocenters. The van der Waals surface area contributed by atoms with E-state index in [1.165, 1.54) is 18.4 Å². The summed E-state index contributed by atoms with van der Waals surface area (Å²) in [5.74, 6) is 0.541. The van der Waals surface area contributed by atoms with Gasteiger partial charge in [0.2, 0.25) is 0 Å². The van der Waals surface area contributed by atoms with Crippen LogP contribution in [0.4, 0.5) is 4.79 Å². The monoisotopic (exact) mass is 341 g/mol. The van der Waals surface area contributed by atoms with Crippen LogP contribution in [-0.2, 0) is 11.3 Å². The summed E-state index contributed by atoms with van der Waals surface area (Å²) in [6.45, 7) is 6.02. The first-order valence-corrected chi connectivity index (χ1v) is 9.33. The topological polar surface area (TPSA) is 44.8 Å². The number of nitrogens with zero attached hydrogens (tertiary/aromatic N) is 2. The lowest BCUT2D eigenvalue weighted by Gasteiger charge is -2.46. The van der Waals surface area contributed by atoms with Crippen LogP contribution < -0.4 is 5.32 Å². The van der Waals surface area contributed by atoms with Crippen LogP contribution in [0.15, 0.2) is 42.5 Å². The summed E-state index contributed by atoms with van der Waals surface area (Å²) in [5.41, 5.74) is 1.18. The van der Waals surface area contributed by atoms with Crippen molar-refractivity contribution in [3.05, 3.63) is 48.0 Å². The molecule has 1 aromatic rings.